The lowest BCUT2D eigenvalue weighted by Gasteiger charge is -2.35. The SMILES string of the molecule is CCN1CCN(C(=O)CN(CCN2CCOCC2)S(C)(=O)=O)CC1. The number of hydrogen-bond acceptors (Lipinski definition) is 6. The van der Waals surface area contributed by atoms with E-state index < -0.39 is 10.0 Å². The third-order valence-corrected chi connectivity index (χ3v) is 5.97. The van der Waals surface area contributed by atoms with Gasteiger partial charge in [-0.25, -0.2) is 8.42 Å². The van der Waals surface area contributed by atoms with E-state index in [9.17, 15) is 13.2 Å². The van der Waals surface area contributed by atoms with Crippen LogP contribution in [0.1, 0.15) is 6.92 Å². The van der Waals surface area contributed by atoms with Gasteiger partial charge >= 0.3 is 0 Å². The minimum Gasteiger partial charge on any atom is -0.379 e. The summed E-state index contributed by atoms with van der Waals surface area (Å²) in [5.41, 5.74) is 0. The molecule has 2 fully saturated rings. The molecule has 140 valence electrons. The van der Waals surface area contributed by atoms with Crippen molar-refractivity contribution in [2.75, 3.05) is 84.9 Å². The zero-order chi connectivity index (χ0) is 17.6. The molecule has 9 heteroatoms. The van der Waals surface area contributed by atoms with Crippen LogP contribution in [0.15, 0.2) is 0 Å². The van der Waals surface area contributed by atoms with Crippen molar-refractivity contribution in [2.45, 2.75) is 6.92 Å². The molecular formula is C15H30N4O4S. The molecule has 0 unspecified atom stereocenters. The number of sulfonamides is 1. The molecule has 0 aliphatic carbocycles. The molecule has 2 aliphatic rings. The Labute approximate surface area is 145 Å². The van der Waals surface area contributed by atoms with Crippen LogP contribution < -0.4 is 0 Å². The summed E-state index contributed by atoms with van der Waals surface area (Å²) in [6, 6.07) is 0. The van der Waals surface area contributed by atoms with Gasteiger partial charge in [-0.05, 0) is 6.54 Å². The van der Waals surface area contributed by atoms with E-state index in [4.69, 9.17) is 4.74 Å². The lowest BCUT2D eigenvalue weighted by molar-refractivity contribution is -0.133. The molecule has 0 aromatic heterocycles. The van der Waals surface area contributed by atoms with Crippen molar-refractivity contribution in [1.29, 1.82) is 0 Å². The van der Waals surface area contributed by atoms with Gasteiger partial charge in [-0.2, -0.15) is 4.31 Å². The predicted octanol–water partition coefficient (Wildman–Crippen LogP) is -1.26. The highest BCUT2D eigenvalue weighted by Gasteiger charge is 2.26. The monoisotopic (exact) mass is 362 g/mol. The molecule has 0 radical (unpaired) electrons. The largest absolute Gasteiger partial charge is 0.379 e. The molecule has 2 rings (SSSR count). The van der Waals surface area contributed by atoms with Crippen molar-refractivity contribution < 1.29 is 17.9 Å². The quantitative estimate of drug-likeness (QED) is 0.563. The number of ether oxygens (including phenoxy) is 1. The van der Waals surface area contributed by atoms with Gasteiger partial charge in [0.1, 0.15) is 0 Å². The van der Waals surface area contributed by atoms with Crippen LogP contribution in [-0.2, 0) is 19.6 Å². The topological polar surface area (TPSA) is 73.4 Å². The first-order valence-corrected chi connectivity index (χ1v) is 10.5. The predicted molar refractivity (Wildman–Crippen MR) is 92.4 cm³/mol. The van der Waals surface area contributed by atoms with Crippen LogP contribution in [0.2, 0.25) is 0 Å². The highest BCUT2D eigenvalue weighted by atomic mass is 32.2. The second-order valence-corrected chi connectivity index (χ2v) is 8.35. The maximum Gasteiger partial charge on any atom is 0.237 e. The number of rotatable bonds is 7. The molecule has 2 saturated heterocycles. The third kappa shape index (κ3) is 5.96. The van der Waals surface area contributed by atoms with Gasteiger partial charge in [-0.3, -0.25) is 9.69 Å². The molecule has 2 aliphatic heterocycles. The zero-order valence-electron chi connectivity index (χ0n) is 14.8. The van der Waals surface area contributed by atoms with Gasteiger partial charge in [0.05, 0.1) is 26.0 Å². The molecule has 0 spiro atoms. The molecule has 0 aromatic carbocycles. The Hall–Kier alpha value is -0.740. The number of morpholine rings is 1. The number of likely N-dealkylation sites (N-methyl/N-ethyl adjacent to an activating group) is 1. The highest BCUT2D eigenvalue weighted by Crippen LogP contribution is 2.06. The van der Waals surface area contributed by atoms with Crippen LogP contribution in [0.5, 0.6) is 0 Å². The van der Waals surface area contributed by atoms with Gasteiger partial charge in [0.2, 0.25) is 15.9 Å². The fourth-order valence-corrected chi connectivity index (χ4v) is 3.76. The smallest absolute Gasteiger partial charge is 0.237 e. The van der Waals surface area contributed by atoms with Crippen molar-refractivity contribution in [2.24, 2.45) is 0 Å². The van der Waals surface area contributed by atoms with Crippen LogP contribution in [0.3, 0.4) is 0 Å². The summed E-state index contributed by atoms with van der Waals surface area (Å²) in [5, 5.41) is 0. The Morgan fingerprint density at radius 2 is 1.67 bits per heavy atom. The van der Waals surface area contributed by atoms with Crippen LogP contribution in [-0.4, -0.2) is 118 Å². The fourth-order valence-electron chi connectivity index (χ4n) is 3.00. The molecule has 0 atom stereocenters. The molecule has 24 heavy (non-hydrogen) atoms. The highest BCUT2D eigenvalue weighted by molar-refractivity contribution is 7.88. The Kier molecular flexibility index (Phi) is 7.42. The average Bonchev–Trinajstić information content (AvgIpc) is 2.58. The minimum absolute atomic E-state index is 0.0602. The molecule has 8 nitrogen and oxygen atoms in total. The first-order chi connectivity index (χ1) is 11.4. The molecule has 0 aromatic rings. The van der Waals surface area contributed by atoms with Crippen molar-refractivity contribution >= 4 is 15.9 Å². The van der Waals surface area contributed by atoms with E-state index in [-0.39, 0.29) is 12.5 Å². The van der Waals surface area contributed by atoms with Crippen molar-refractivity contribution in [1.82, 2.24) is 19.0 Å². The van der Waals surface area contributed by atoms with E-state index in [0.717, 1.165) is 32.7 Å². The Morgan fingerprint density at radius 1 is 1.04 bits per heavy atom. The summed E-state index contributed by atoms with van der Waals surface area (Å²) < 4.78 is 30.6. The van der Waals surface area contributed by atoms with Gasteiger partial charge in [0, 0.05) is 52.4 Å². The van der Waals surface area contributed by atoms with Crippen molar-refractivity contribution in [3.05, 3.63) is 0 Å². The first kappa shape index (κ1) is 19.6. The van der Waals surface area contributed by atoms with Crippen LogP contribution >= 0.6 is 0 Å². The Morgan fingerprint density at radius 3 is 2.21 bits per heavy atom. The molecule has 0 bridgehead atoms. The summed E-state index contributed by atoms with van der Waals surface area (Å²) in [6.07, 6.45) is 1.18. The number of amides is 1. The summed E-state index contributed by atoms with van der Waals surface area (Å²) >= 11 is 0. The van der Waals surface area contributed by atoms with Gasteiger partial charge in [-0.1, -0.05) is 6.92 Å². The maximum atomic E-state index is 12.5. The van der Waals surface area contributed by atoms with Crippen LogP contribution in [0.25, 0.3) is 0 Å². The standard InChI is InChI=1S/C15H30N4O4S/c1-3-16-4-7-18(8-5-16)15(20)14-19(24(2,21)22)9-6-17-10-12-23-13-11-17/h3-14H2,1-2H3. The van der Waals surface area contributed by atoms with Gasteiger partial charge in [-0.15, -0.1) is 0 Å². The van der Waals surface area contributed by atoms with Gasteiger partial charge in [0.15, 0.2) is 0 Å². The van der Waals surface area contributed by atoms with Crippen molar-refractivity contribution in [3.8, 4) is 0 Å². The fraction of sp³-hybridized carbons (Fsp3) is 0.933. The molecular weight excluding hydrogens is 332 g/mol. The molecule has 2 heterocycles. The Bertz CT molecular complexity index is 500. The number of nitrogens with zero attached hydrogens (tertiary/aromatic N) is 4. The first-order valence-electron chi connectivity index (χ1n) is 8.65. The molecule has 0 N–H and O–H groups in total. The minimum atomic E-state index is -3.40. The number of hydrogen-bond donors (Lipinski definition) is 0. The number of piperazine rings is 1. The maximum absolute atomic E-state index is 12.5. The van der Waals surface area contributed by atoms with E-state index in [1.807, 2.05) is 0 Å². The Balaban J connectivity index is 1.85. The van der Waals surface area contributed by atoms with E-state index in [2.05, 4.69) is 16.7 Å². The molecule has 1 amide bonds. The van der Waals surface area contributed by atoms with E-state index in [0.29, 0.717) is 39.4 Å². The number of carbonyl (C=O) groups excluding carboxylic acids is 1. The second-order valence-electron chi connectivity index (χ2n) is 6.37. The summed E-state index contributed by atoms with van der Waals surface area (Å²) in [6.45, 7) is 10.0. The second kappa shape index (κ2) is 9.10. The van der Waals surface area contributed by atoms with E-state index in [1.165, 1.54) is 10.6 Å². The summed E-state index contributed by atoms with van der Waals surface area (Å²) in [5.74, 6) is -0.0989. The normalized spacial score (nSPS) is 21.4. The summed E-state index contributed by atoms with van der Waals surface area (Å²) in [4.78, 5) is 18.7. The van der Waals surface area contributed by atoms with E-state index >= 15 is 0 Å². The zero-order valence-corrected chi connectivity index (χ0v) is 15.6. The lowest BCUT2D eigenvalue weighted by atomic mass is 10.3. The number of carbonyl (C=O) groups is 1. The third-order valence-electron chi connectivity index (χ3n) is 4.72. The van der Waals surface area contributed by atoms with Gasteiger partial charge in [0.25, 0.3) is 0 Å². The van der Waals surface area contributed by atoms with Gasteiger partial charge < -0.3 is 14.5 Å². The average molecular weight is 362 g/mol. The van der Waals surface area contributed by atoms with Crippen LogP contribution in [0.4, 0.5) is 0 Å². The lowest BCUT2D eigenvalue weighted by Crippen LogP contribution is -2.52. The summed E-state index contributed by atoms with van der Waals surface area (Å²) in [7, 11) is -3.40. The molecule has 0 saturated carbocycles. The van der Waals surface area contributed by atoms with Crippen LogP contribution in [0, 0.1) is 0 Å². The van der Waals surface area contributed by atoms with E-state index in [1.54, 1.807) is 4.90 Å². The van der Waals surface area contributed by atoms with Crippen molar-refractivity contribution in [3.63, 3.8) is 0 Å².